The molecule has 0 amide bonds. The number of hydrogen-bond acceptors (Lipinski definition) is 0. The van der Waals surface area contributed by atoms with Crippen molar-refractivity contribution < 1.29 is 15.6 Å². The van der Waals surface area contributed by atoms with Gasteiger partial charge in [-0.25, -0.2) is 0 Å². The Hall–Kier alpha value is -1.96. The van der Waals surface area contributed by atoms with Crippen molar-refractivity contribution in [3.63, 3.8) is 0 Å². The van der Waals surface area contributed by atoms with Crippen LogP contribution >= 0.6 is 17.0 Å². The topological polar surface area (TPSA) is 0 Å². The summed E-state index contributed by atoms with van der Waals surface area (Å²) in [5.41, 5.74) is 17.6. The van der Waals surface area contributed by atoms with Crippen molar-refractivity contribution in [2.24, 2.45) is 10.8 Å². The van der Waals surface area contributed by atoms with Crippen LogP contribution in [0.4, 0.5) is 0 Å². The van der Waals surface area contributed by atoms with Crippen molar-refractivity contribution in [2.75, 3.05) is 0 Å². The molecular formula is C56H73Cl2SiZr. The Bertz CT molecular complexity index is 2030. The fourth-order valence-corrected chi connectivity index (χ4v) is 44.6. The monoisotopic (exact) mass is 933 g/mol. The summed E-state index contributed by atoms with van der Waals surface area (Å²) in [6.45, 7) is 14.5. The molecule has 2 atom stereocenters. The van der Waals surface area contributed by atoms with Crippen LogP contribution < -0.4 is 0 Å². The molecular weight excluding hydrogens is 863 g/mol. The van der Waals surface area contributed by atoms with Crippen molar-refractivity contribution in [3.05, 3.63) is 129 Å². The second-order valence-electron chi connectivity index (χ2n) is 20.4. The van der Waals surface area contributed by atoms with E-state index in [-0.39, 0.29) is 7.25 Å². The van der Waals surface area contributed by atoms with Crippen LogP contribution in [0.25, 0.3) is 34.4 Å². The summed E-state index contributed by atoms with van der Waals surface area (Å²) in [6.07, 6.45) is 28.3. The van der Waals surface area contributed by atoms with E-state index in [4.69, 9.17) is 0 Å². The molecule has 0 aliphatic heterocycles. The van der Waals surface area contributed by atoms with Gasteiger partial charge in [-0.15, -0.1) is 0 Å². The van der Waals surface area contributed by atoms with Crippen molar-refractivity contribution in [3.8, 4) is 22.3 Å². The number of benzene rings is 4. The molecule has 0 nitrogen and oxygen atoms in total. The third kappa shape index (κ3) is 8.18. The van der Waals surface area contributed by atoms with Crippen LogP contribution in [-0.4, -0.2) is 5.92 Å². The molecule has 0 aromatic heterocycles. The van der Waals surface area contributed by atoms with Gasteiger partial charge in [0.25, 0.3) is 0 Å². The zero-order chi connectivity index (χ0) is 42.1. The number of hydrogen-bond donors (Lipinski definition) is 0. The molecule has 4 aromatic rings. The van der Waals surface area contributed by atoms with Gasteiger partial charge in [-0.2, -0.15) is 0 Å². The van der Waals surface area contributed by atoms with Crippen LogP contribution in [-0.2, 0) is 28.4 Å². The van der Waals surface area contributed by atoms with Crippen LogP contribution in [0.5, 0.6) is 0 Å². The van der Waals surface area contributed by atoms with Crippen molar-refractivity contribution in [1.82, 2.24) is 0 Å². The summed E-state index contributed by atoms with van der Waals surface area (Å²) in [7, 11) is 18.6. The Kier molecular flexibility index (Phi) is 13.6. The van der Waals surface area contributed by atoms with Gasteiger partial charge in [0.2, 0.25) is 0 Å². The maximum absolute atomic E-state index is 9.30. The van der Waals surface area contributed by atoms with Gasteiger partial charge in [0.05, 0.1) is 0 Å². The molecule has 0 bridgehead atoms. The first-order chi connectivity index (χ1) is 29.0. The zero-order valence-corrected chi connectivity index (χ0v) is 43.1. The molecule has 0 radical (unpaired) electrons. The number of halogens is 2. The minimum absolute atomic E-state index is 0.113. The Balaban J connectivity index is 1.36. The number of aryl methyl sites for hydroxylation is 2. The van der Waals surface area contributed by atoms with Gasteiger partial charge >= 0.3 is 377 Å². The molecule has 0 saturated heterocycles. The SMILES string of the molecule is CCCC1(CC2=Cc3c(-c4ccc(CC)cc4)cccc3[CH]2[Zr]([Cl])([Cl])([CH]2C(CC3(CCC)CCCCC3)=Cc3c(-c4ccc(CC)cc4)cccc32)[SiH](C)C)CCCCC1. The Morgan fingerprint density at radius 1 is 0.533 bits per heavy atom. The van der Waals surface area contributed by atoms with Gasteiger partial charge in [-0.05, 0) is 0 Å². The van der Waals surface area contributed by atoms with E-state index in [1.807, 2.05) is 0 Å². The second-order valence-corrected chi connectivity index (χ2v) is 62.9. The Labute approximate surface area is 373 Å². The molecule has 2 unspecified atom stereocenters. The Morgan fingerprint density at radius 3 is 1.25 bits per heavy atom. The first-order valence-corrected chi connectivity index (χ1v) is 40.7. The summed E-state index contributed by atoms with van der Waals surface area (Å²) < 4.78 is 0.226. The minimum atomic E-state index is -5.11. The zero-order valence-electron chi connectivity index (χ0n) is 38.0. The first-order valence-electron chi connectivity index (χ1n) is 24.4. The molecule has 4 aliphatic carbocycles. The summed E-state index contributed by atoms with van der Waals surface area (Å²) in [4.78, 5) is 0. The van der Waals surface area contributed by atoms with Gasteiger partial charge in [0.15, 0.2) is 0 Å². The summed E-state index contributed by atoms with van der Waals surface area (Å²) >= 11 is -5.11. The van der Waals surface area contributed by atoms with Crippen LogP contribution in [0.2, 0.25) is 13.1 Å². The summed E-state index contributed by atoms with van der Waals surface area (Å²) in [6, 6.07) is 33.1. The molecule has 0 N–H and O–H groups in total. The molecule has 8 rings (SSSR count). The Morgan fingerprint density at radius 2 is 0.917 bits per heavy atom. The number of allylic oxidation sites excluding steroid dienone is 2. The molecule has 319 valence electrons. The summed E-state index contributed by atoms with van der Waals surface area (Å²) in [5.74, 6) is -1.75. The third-order valence-electron chi connectivity index (χ3n) is 16.4. The first kappa shape index (κ1) is 44.6. The van der Waals surface area contributed by atoms with E-state index < -0.39 is 21.5 Å². The van der Waals surface area contributed by atoms with Crippen molar-refractivity contribution in [1.29, 1.82) is 0 Å². The average molecular weight is 936 g/mol. The van der Waals surface area contributed by atoms with Crippen LogP contribution in [0.1, 0.15) is 171 Å². The molecule has 4 heteroatoms. The standard InChI is InChI=1S/2C27H33.C2H7Si.2ClH.Zr/c2*1-3-15-27(16-6-5-7-17-27)20-22-18-24-9-8-10-25(26(24)19-22)23-13-11-21(4-2)12-14-23;1-3-2;;;/h2*8-14,18-19H,3-7,15-17,20H2,1-2H3;3H,1-2H3;2*1H;/q;;;;;+2/p-2. The van der Waals surface area contributed by atoms with E-state index in [9.17, 15) is 17.0 Å². The molecule has 2 saturated carbocycles. The third-order valence-corrected chi connectivity index (χ3v) is 68.3. The van der Waals surface area contributed by atoms with Gasteiger partial charge < -0.3 is 0 Å². The fourth-order valence-electron chi connectivity index (χ4n) is 13.3. The number of rotatable bonds is 15. The average Bonchev–Trinajstić information content (AvgIpc) is 3.83. The predicted octanol–water partition coefficient (Wildman–Crippen LogP) is 18.0. The van der Waals surface area contributed by atoms with E-state index in [1.165, 1.54) is 146 Å². The molecule has 2 fully saturated rings. The van der Waals surface area contributed by atoms with Gasteiger partial charge in [-0.3, -0.25) is 0 Å². The van der Waals surface area contributed by atoms with Gasteiger partial charge in [0.1, 0.15) is 0 Å². The van der Waals surface area contributed by atoms with Gasteiger partial charge in [-0.1, -0.05) is 0 Å². The quantitative estimate of drug-likeness (QED) is 0.104. The van der Waals surface area contributed by atoms with E-state index in [0.29, 0.717) is 10.8 Å². The van der Waals surface area contributed by atoms with E-state index in [1.54, 1.807) is 11.1 Å². The van der Waals surface area contributed by atoms with E-state index in [2.05, 4.69) is 138 Å². The molecule has 60 heavy (non-hydrogen) atoms. The van der Waals surface area contributed by atoms with Crippen LogP contribution in [0.15, 0.2) is 96.1 Å². The summed E-state index contributed by atoms with van der Waals surface area (Å²) in [5, 5.41) is 0. The van der Waals surface area contributed by atoms with Crippen molar-refractivity contribution >= 4 is 35.1 Å². The van der Waals surface area contributed by atoms with E-state index >= 15 is 0 Å². The number of fused-ring (bicyclic) bond motifs is 2. The van der Waals surface area contributed by atoms with Crippen molar-refractivity contribution in [2.45, 2.75) is 164 Å². The van der Waals surface area contributed by atoms with Crippen LogP contribution in [0, 0.1) is 10.8 Å². The molecule has 0 heterocycles. The fraction of sp³-hybridized carbons (Fsp3) is 0.500. The maximum atomic E-state index is 9.30. The molecule has 0 spiro atoms. The second kappa shape index (κ2) is 18.3. The molecule has 4 aliphatic rings. The van der Waals surface area contributed by atoms with E-state index in [0.717, 1.165) is 25.7 Å². The van der Waals surface area contributed by atoms with Gasteiger partial charge in [0, 0.05) is 0 Å². The normalized spacial score (nSPS) is 21.5. The van der Waals surface area contributed by atoms with Crippen LogP contribution in [0.3, 0.4) is 0 Å². The predicted molar refractivity (Wildman–Crippen MR) is 265 cm³/mol. The molecule has 4 aromatic carbocycles.